The molecular weight excluding hydrogens is 297 g/mol. The molecule has 2 rings (SSSR count). The van der Waals surface area contributed by atoms with Crippen LogP contribution in [0.2, 0.25) is 0 Å². The van der Waals surface area contributed by atoms with Crippen LogP contribution >= 0.6 is 11.3 Å². The van der Waals surface area contributed by atoms with Gasteiger partial charge in [-0.15, -0.1) is 11.3 Å². The third-order valence-corrected chi connectivity index (χ3v) is 4.17. The molecule has 0 fully saturated rings. The Bertz CT molecular complexity index is 575. The van der Waals surface area contributed by atoms with Crippen molar-refractivity contribution in [1.29, 1.82) is 0 Å². The summed E-state index contributed by atoms with van der Waals surface area (Å²) in [5.41, 5.74) is 1.93. The SMILES string of the molecule is CCNC(C)Cc1ccc(-c2cnc(C(F)(F)F)s2)cc1. The number of thiazole rings is 1. The summed E-state index contributed by atoms with van der Waals surface area (Å²) in [5, 5.41) is 2.52. The van der Waals surface area contributed by atoms with Crippen molar-refractivity contribution in [2.75, 3.05) is 6.54 Å². The van der Waals surface area contributed by atoms with Crippen LogP contribution < -0.4 is 5.32 Å². The Hall–Kier alpha value is -1.40. The quantitative estimate of drug-likeness (QED) is 0.886. The highest BCUT2D eigenvalue weighted by molar-refractivity contribution is 7.15. The second kappa shape index (κ2) is 6.58. The lowest BCUT2D eigenvalue weighted by Gasteiger charge is -2.12. The molecule has 2 nitrogen and oxygen atoms in total. The van der Waals surface area contributed by atoms with Gasteiger partial charge in [0.25, 0.3) is 0 Å². The Morgan fingerprint density at radius 3 is 2.43 bits per heavy atom. The van der Waals surface area contributed by atoms with Crippen LogP contribution in [0.5, 0.6) is 0 Å². The van der Waals surface area contributed by atoms with Gasteiger partial charge in [-0.05, 0) is 31.0 Å². The van der Waals surface area contributed by atoms with Crippen molar-refractivity contribution < 1.29 is 13.2 Å². The molecule has 1 unspecified atom stereocenters. The fraction of sp³-hybridized carbons (Fsp3) is 0.400. The molecule has 2 aromatic rings. The van der Waals surface area contributed by atoms with Gasteiger partial charge in [-0.25, -0.2) is 4.98 Å². The smallest absolute Gasteiger partial charge is 0.314 e. The summed E-state index contributed by atoms with van der Waals surface area (Å²) in [5.74, 6) is 0. The molecule has 1 aromatic heterocycles. The van der Waals surface area contributed by atoms with E-state index >= 15 is 0 Å². The van der Waals surface area contributed by atoms with E-state index in [0.29, 0.717) is 22.3 Å². The number of nitrogens with one attached hydrogen (secondary N) is 1. The maximum Gasteiger partial charge on any atom is 0.443 e. The molecular formula is C15H17F3N2S. The molecule has 0 amide bonds. The molecule has 0 saturated heterocycles. The van der Waals surface area contributed by atoms with Gasteiger partial charge in [0.1, 0.15) is 0 Å². The van der Waals surface area contributed by atoms with E-state index < -0.39 is 11.2 Å². The summed E-state index contributed by atoms with van der Waals surface area (Å²) in [7, 11) is 0. The molecule has 0 bridgehead atoms. The lowest BCUT2D eigenvalue weighted by Crippen LogP contribution is -2.27. The van der Waals surface area contributed by atoms with Crippen LogP contribution in [-0.4, -0.2) is 17.6 Å². The van der Waals surface area contributed by atoms with E-state index in [0.717, 1.165) is 24.1 Å². The number of hydrogen-bond acceptors (Lipinski definition) is 3. The molecule has 0 spiro atoms. The first kappa shape index (κ1) is 16.0. The minimum Gasteiger partial charge on any atom is -0.314 e. The first-order valence-electron chi connectivity index (χ1n) is 6.76. The standard InChI is InChI=1S/C15H17F3N2S/c1-3-19-10(2)8-11-4-6-12(7-5-11)13-9-20-14(21-13)15(16,17)18/h4-7,9-10,19H,3,8H2,1-2H3. The molecule has 1 N–H and O–H groups in total. The van der Waals surface area contributed by atoms with E-state index in [1.54, 1.807) is 0 Å². The van der Waals surface area contributed by atoms with Gasteiger partial charge >= 0.3 is 6.18 Å². The lowest BCUT2D eigenvalue weighted by molar-refractivity contribution is -0.137. The van der Waals surface area contributed by atoms with Crippen LogP contribution in [0, 0.1) is 0 Å². The number of benzene rings is 1. The predicted molar refractivity (Wildman–Crippen MR) is 79.4 cm³/mol. The Kier molecular flexibility index (Phi) is 5.00. The van der Waals surface area contributed by atoms with Crippen molar-refractivity contribution in [2.24, 2.45) is 0 Å². The molecule has 0 radical (unpaired) electrons. The minimum atomic E-state index is -4.37. The Labute approximate surface area is 126 Å². The summed E-state index contributed by atoms with van der Waals surface area (Å²) < 4.78 is 37.6. The van der Waals surface area contributed by atoms with Gasteiger partial charge < -0.3 is 5.32 Å². The average Bonchev–Trinajstić information content (AvgIpc) is 2.89. The molecule has 0 aliphatic carbocycles. The molecule has 0 aliphatic heterocycles. The number of halogens is 3. The van der Waals surface area contributed by atoms with Crippen LogP contribution in [0.25, 0.3) is 10.4 Å². The summed E-state index contributed by atoms with van der Waals surface area (Å²) in [6.45, 7) is 5.08. The monoisotopic (exact) mass is 314 g/mol. The van der Waals surface area contributed by atoms with Crippen LogP contribution in [0.15, 0.2) is 30.5 Å². The van der Waals surface area contributed by atoms with Gasteiger partial charge in [0.15, 0.2) is 5.01 Å². The molecule has 0 aliphatic rings. The number of aromatic nitrogens is 1. The first-order chi connectivity index (χ1) is 9.90. The number of nitrogens with zero attached hydrogens (tertiary/aromatic N) is 1. The van der Waals surface area contributed by atoms with Crippen molar-refractivity contribution in [1.82, 2.24) is 10.3 Å². The highest BCUT2D eigenvalue weighted by atomic mass is 32.1. The number of likely N-dealkylation sites (N-methyl/N-ethyl adjacent to an activating group) is 1. The fourth-order valence-corrected chi connectivity index (χ4v) is 2.91. The predicted octanol–water partition coefficient (Wildman–Crippen LogP) is 4.37. The molecule has 1 atom stereocenters. The fourth-order valence-electron chi connectivity index (χ4n) is 2.12. The van der Waals surface area contributed by atoms with E-state index in [-0.39, 0.29) is 0 Å². The van der Waals surface area contributed by atoms with Gasteiger partial charge in [-0.1, -0.05) is 31.2 Å². The van der Waals surface area contributed by atoms with E-state index in [1.807, 2.05) is 24.3 Å². The Morgan fingerprint density at radius 1 is 1.24 bits per heavy atom. The van der Waals surface area contributed by atoms with E-state index in [4.69, 9.17) is 0 Å². The number of alkyl halides is 3. The zero-order chi connectivity index (χ0) is 15.5. The first-order valence-corrected chi connectivity index (χ1v) is 7.57. The molecule has 21 heavy (non-hydrogen) atoms. The summed E-state index contributed by atoms with van der Waals surface area (Å²) in [6.07, 6.45) is -2.20. The van der Waals surface area contributed by atoms with Crippen LogP contribution in [0.1, 0.15) is 24.4 Å². The topological polar surface area (TPSA) is 24.9 Å². The maximum atomic E-state index is 12.5. The Morgan fingerprint density at radius 2 is 1.90 bits per heavy atom. The van der Waals surface area contributed by atoms with Crippen LogP contribution in [0.4, 0.5) is 13.2 Å². The summed E-state index contributed by atoms with van der Waals surface area (Å²) in [4.78, 5) is 3.98. The van der Waals surface area contributed by atoms with Gasteiger partial charge in [0.2, 0.25) is 0 Å². The zero-order valence-electron chi connectivity index (χ0n) is 11.9. The second-order valence-corrected chi connectivity index (χ2v) is 5.92. The minimum absolute atomic E-state index is 0.376. The molecule has 6 heteroatoms. The summed E-state index contributed by atoms with van der Waals surface area (Å²) >= 11 is 0.672. The van der Waals surface area contributed by atoms with Crippen molar-refractivity contribution in [3.63, 3.8) is 0 Å². The van der Waals surface area contributed by atoms with Crippen LogP contribution in [-0.2, 0) is 12.6 Å². The lowest BCUT2D eigenvalue weighted by atomic mass is 10.0. The summed E-state index contributed by atoms with van der Waals surface area (Å²) in [6, 6.07) is 7.98. The van der Waals surface area contributed by atoms with E-state index in [1.165, 1.54) is 6.20 Å². The van der Waals surface area contributed by atoms with Crippen molar-refractivity contribution in [3.8, 4) is 10.4 Å². The molecule has 114 valence electrons. The van der Waals surface area contributed by atoms with Crippen molar-refractivity contribution >= 4 is 11.3 Å². The van der Waals surface area contributed by atoms with Crippen molar-refractivity contribution in [3.05, 3.63) is 41.0 Å². The third kappa shape index (κ3) is 4.28. The second-order valence-electron chi connectivity index (χ2n) is 4.89. The van der Waals surface area contributed by atoms with E-state index in [2.05, 4.69) is 24.1 Å². The number of rotatable bonds is 5. The third-order valence-electron chi connectivity index (χ3n) is 3.08. The Balaban J connectivity index is 2.10. The van der Waals surface area contributed by atoms with E-state index in [9.17, 15) is 13.2 Å². The maximum absolute atomic E-state index is 12.5. The average molecular weight is 314 g/mol. The highest BCUT2D eigenvalue weighted by Crippen LogP contribution is 2.36. The van der Waals surface area contributed by atoms with Crippen molar-refractivity contribution in [2.45, 2.75) is 32.5 Å². The number of hydrogen-bond donors (Lipinski definition) is 1. The largest absolute Gasteiger partial charge is 0.443 e. The van der Waals surface area contributed by atoms with Gasteiger partial charge in [-0.3, -0.25) is 0 Å². The zero-order valence-corrected chi connectivity index (χ0v) is 12.7. The molecule has 1 aromatic carbocycles. The van der Waals surface area contributed by atoms with Crippen LogP contribution in [0.3, 0.4) is 0 Å². The molecule has 1 heterocycles. The normalized spacial score (nSPS) is 13.4. The van der Waals surface area contributed by atoms with Gasteiger partial charge in [-0.2, -0.15) is 13.2 Å². The molecule has 0 saturated carbocycles. The highest BCUT2D eigenvalue weighted by Gasteiger charge is 2.34. The van der Waals surface area contributed by atoms with Gasteiger partial charge in [0, 0.05) is 12.2 Å². The van der Waals surface area contributed by atoms with Gasteiger partial charge in [0.05, 0.1) is 4.88 Å².